The number of rotatable bonds is 4. The molecule has 1 saturated carbocycles. The van der Waals surface area contributed by atoms with E-state index < -0.39 is 5.97 Å². The van der Waals surface area contributed by atoms with Crippen molar-refractivity contribution in [2.24, 2.45) is 0 Å². The second kappa shape index (κ2) is 6.62. The molecule has 0 amide bonds. The molecular weight excluding hydrogens is 192 g/mol. The Hall–Kier alpha value is -0.830. The van der Waals surface area contributed by atoms with E-state index in [2.05, 4.69) is 0 Å². The lowest BCUT2D eigenvalue weighted by molar-refractivity contribution is -0.132. The monoisotopic (exact) mass is 212 g/mol. The number of aliphatic carboxylic acids is 1. The lowest BCUT2D eigenvalue weighted by Crippen LogP contribution is -2.12. The van der Waals surface area contributed by atoms with Crippen molar-refractivity contribution in [3.05, 3.63) is 11.6 Å². The maximum Gasteiger partial charge on any atom is 0.331 e. The summed E-state index contributed by atoms with van der Waals surface area (Å²) in [5, 5.41) is 8.64. The zero-order chi connectivity index (χ0) is 11.1. The Morgan fingerprint density at radius 1 is 1.33 bits per heavy atom. The topological polar surface area (TPSA) is 46.5 Å². The third-order valence-corrected chi connectivity index (χ3v) is 2.86. The van der Waals surface area contributed by atoms with Crippen LogP contribution in [0.2, 0.25) is 0 Å². The SMILES string of the molecule is CC(=CCOC1CCCCCC1)C(=O)O. The van der Waals surface area contributed by atoms with Crippen molar-refractivity contribution in [1.29, 1.82) is 0 Å². The normalized spacial score (nSPS) is 19.9. The number of carbonyl (C=O) groups is 1. The molecule has 1 rings (SSSR count). The first-order valence-corrected chi connectivity index (χ1v) is 5.72. The summed E-state index contributed by atoms with van der Waals surface area (Å²) in [6.07, 6.45) is 9.34. The zero-order valence-electron chi connectivity index (χ0n) is 9.37. The highest BCUT2D eigenvalue weighted by Gasteiger charge is 2.11. The van der Waals surface area contributed by atoms with Crippen molar-refractivity contribution in [3.63, 3.8) is 0 Å². The highest BCUT2D eigenvalue weighted by atomic mass is 16.5. The fourth-order valence-corrected chi connectivity index (χ4v) is 1.81. The van der Waals surface area contributed by atoms with Gasteiger partial charge >= 0.3 is 5.97 Å². The summed E-state index contributed by atoms with van der Waals surface area (Å²) in [6.45, 7) is 2.03. The molecule has 0 spiro atoms. The maximum atomic E-state index is 10.5. The molecule has 1 N–H and O–H groups in total. The van der Waals surface area contributed by atoms with Gasteiger partial charge in [-0.25, -0.2) is 4.79 Å². The van der Waals surface area contributed by atoms with Crippen LogP contribution in [-0.2, 0) is 9.53 Å². The molecule has 0 aromatic rings. The number of carboxylic acid groups (broad SMARTS) is 1. The van der Waals surface area contributed by atoms with E-state index in [0.717, 1.165) is 12.8 Å². The number of carboxylic acids is 1. The van der Waals surface area contributed by atoms with E-state index in [1.54, 1.807) is 13.0 Å². The lowest BCUT2D eigenvalue weighted by Gasteiger charge is -2.13. The van der Waals surface area contributed by atoms with Gasteiger partial charge in [-0.15, -0.1) is 0 Å². The van der Waals surface area contributed by atoms with Crippen LogP contribution in [0.4, 0.5) is 0 Å². The number of ether oxygens (including phenoxy) is 1. The Kier molecular flexibility index (Phi) is 5.40. The van der Waals surface area contributed by atoms with Crippen molar-refractivity contribution in [1.82, 2.24) is 0 Å². The molecule has 0 aromatic heterocycles. The average Bonchev–Trinajstić information content (AvgIpc) is 2.46. The number of hydrogen-bond donors (Lipinski definition) is 1. The highest BCUT2D eigenvalue weighted by Crippen LogP contribution is 2.19. The van der Waals surface area contributed by atoms with Crippen LogP contribution in [0.3, 0.4) is 0 Å². The molecule has 0 heterocycles. The summed E-state index contributed by atoms with van der Waals surface area (Å²) >= 11 is 0. The molecule has 3 nitrogen and oxygen atoms in total. The van der Waals surface area contributed by atoms with Gasteiger partial charge in [0.15, 0.2) is 0 Å². The van der Waals surface area contributed by atoms with Gasteiger partial charge in [0.2, 0.25) is 0 Å². The van der Waals surface area contributed by atoms with E-state index in [1.165, 1.54) is 25.7 Å². The summed E-state index contributed by atoms with van der Waals surface area (Å²) in [5.41, 5.74) is 0.364. The quantitative estimate of drug-likeness (QED) is 0.575. The smallest absolute Gasteiger partial charge is 0.331 e. The van der Waals surface area contributed by atoms with Crippen LogP contribution in [0.25, 0.3) is 0 Å². The van der Waals surface area contributed by atoms with E-state index >= 15 is 0 Å². The Bertz CT molecular complexity index is 225. The molecule has 1 aliphatic rings. The van der Waals surface area contributed by atoms with Crippen LogP contribution in [0.1, 0.15) is 45.4 Å². The third-order valence-electron chi connectivity index (χ3n) is 2.86. The van der Waals surface area contributed by atoms with Crippen LogP contribution in [0.5, 0.6) is 0 Å². The maximum absolute atomic E-state index is 10.5. The molecule has 0 unspecified atom stereocenters. The minimum atomic E-state index is -0.862. The summed E-state index contributed by atoms with van der Waals surface area (Å²) in [4.78, 5) is 10.5. The largest absolute Gasteiger partial charge is 0.478 e. The first-order valence-electron chi connectivity index (χ1n) is 5.72. The van der Waals surface area contributed by atoms with Crippen LogP contribution in [-0.4, -0.2) is 23.8 Å². The molecule has 0 atom stereocenters. The molecule has 0 bridgehead atoms. The van der Waals surface area contributed by atoms with Gasteiger partial charge in [0.05, 0.1) is 12.7 Å². The fourth-order valence-electron chi connectivity index (χ4n) is 1.81. The first kappa shape index (κ1) is 12.2. The van der Waals surface area contributed by atoms with Crippen LogP contribution in [0.15, 0.2) is 11.6 Å². The molecular formula is C12H20O3. The molecule has 1 fully saturated rings. The van der Waals surface area contributed by atoms with Gasteiger partial charge < -0.3 is 9.84 Å². The molecule has 0 saturated heterocycles. The molecule has 15 heavy (non-hydrogen) atoms. The molecule has 0 aromatic carbocycles. The van der Waals surface area contributed by atoms with Gasteiger partial charge in [-0.2, -0.15) is 0 Å². The van der Waals surface area contributed by atoms with Crippen LogP contribution >= 0.6 is 0 Å². The van der Waals surface area contributed by atoms with Crippen LogP contribution < -0.4 is 0 Å². The second-order valence-corrected chi connectivity index (χ2v) is 4.14. The summed E-state index contributed by atoms with van der Waals surface area (Å²) in [5.74, 6) is -0.862. The van der Waals surface area contributed by atoms with Crippen molar-refractivity contribution in [2.45, 2.75) is 51.6 Å². The minimum Gasteiger partial charge on any atom is -0.478 e. The van der Waals surface area contributed by atoms with Gasteiger partial charge in [-0.3, -0.25) is 0 Å². The van der Waals surface area contributed by atoms with Crippen LogP contribution in [0, 0.1) is 0 Å². The summed E-state index contributed by atoms with van der Waals surface area (Å²) < 4.78 is 5.64. The average molecular weight is 212 g/mol. The predicted octanol–water partition coefficient (Wildman–Crippen LogP) is 2.76. The van der Waals surface area contributed by atoms with Crippen molar-refractivity contribution in [2.75, 3.05) is 6.61 Å². The standard InChI is InChI=1S/C12H20O3/c1-10(12(13)14)8-9-15-11-6-4-2-3-5-7-11/h8,11H,2-7,9H2,1H3,(H,13,14). The number of hydrogen-bond acceptors (Lipinski definition) is 2. The van der Waals surface area contributed by atoms with E-state index in [0.29, 0.717) is 18.3 Å². The van der Waals surface area contributed by atoms with Gasteiger partial charge in [0, 0.05) is 5.57 Å². The predicted molar refractivity (Wildman–Crippen MR) is 58.8 cm³/mol. The molecule has 3 heteroatoms. The Labute approximate surface area is 91.1 Å². The van der Waals surface area contributed by atoms with Gasteiger partial charge in [0.1, 0.15) is 0 Å². The molecule has 0 aliphatic heterocycles. The Morgan fingerprint density at radius 3 is 2.47 bits per heavy atom. The van der Waals surface area contributed by atoms with E-state index in [-0.39, 0.29) is 0 Å². The lowest BCUT2D eigenvalue weighted by atomic mass is 10.1. The van der Waals surface area contributed by atoms with Gasteiger partial charge in [-0.05, 0) is 25.8 Å². The molecule has 0 radical (unpaired) electrons. The first-order chi connectivity index (χ1) is 7.20. The van der Waals surface area contributed by atoms with E-state index in [9.17, 15) is 4.79 Å². The van der Waals surface area contributed by atoms with Crippen molar-refractivity contribution >= 4 is 5.97 Å². The van der Waals surface area contributed by atoms with Gasteiger partial charge in [-0.1, -0.05) is 25.7 Å². The van der Waals surface area contributed by atoms with Crippen molar-refractivity contribution in [3.8, 4) is 0 Å². The Balaban J connectivity index is 2.23. The molecule has 1 aliphatic carbocycles. The van der Waals surface area contributed by atoms with Gasteiger partial charge in [0.25, 0.3) is 0 Å². The second-order valence-electron chi connectivity index (χ2n) is 4.14. The zero-order valence-corrected chi connectivity index (χ0v) is 9.37. The fraction of sp³-hybridized carbons (Fsp3) is 0.750. The summed E-state index contributed by atoms with van der Waals surface area (Å²) in [6, 6.07) is 0. The van der Waals surface area contributed by atoms with E-state index in [4.69, 9.17) is 9.84 Å². The highest BCUT2D eigenvalue weighted by molar-refractivity contribution is 5.85. The third kappa shape index (κ3) is 4.98. The Morgan fingerprint density at radius 2 is 1.93 bits per heavy atom. The minimum absolute atomic E-state index is 0.338. The summed E-state index contributed by atoms with van der Waals surface area (Å²) in [7, 11) is 0. The van der Waals surface area contributed by atoms with Crippen molar-refractivity contribution < 1.29 is 14.6 Å². The van der Waals surface area contributed by atoms with E-state index in [1.807, 2.05) is 0 Å². The molecule has 86 valence electrons.